The van der Waals surface area contributed by atoms with Crippen LogP contribution < -0.4 is 4.72 Å². The van der Waals surface area contributed by atoms with Crippen LogP contribution in [0.15, 0.2) is 51.8 Å². The fourth-order valence-electron chi connectivity index (χ4n) is 1.99. The second-order valence-electron chi connectivity index (χ2n) is 4.54. The Bertz CT molecular complexity index is 744. The van der Waals surface area contributed by atoms with Crippen molar-refractivity contribution in [2.45, 2.75) is 24.8 Å². The van der Waals surface area contributed by atoms with Crippen LogP contribution in [0.2, 0.25) is 0 Å². The highest BCUT2D eigenvalue weighted by molar-refractivity contribution is 9.10. The molecule has 0 amide bonds. The molecule has 6 heteroatoms. The lowest BCUT2D eigenvalue weighted by Gasteiger charge is -2.13. The first-order chi connectivity index (χ1) is 9.97. The molecule has 0 aliphatic rings. The summed E-state index contributed by atoms with van der Waals surface area (Å²) in [5.74, 6) is 0. The Hall–Kier alpha value is -1.37. The minimum absolute atomic E-state index is 0.134. The highest BCUT2D eigenvalue weighted by Gasteiger charge is 2.19. The van der Waals surface area contributed by atoms with Gasteiger partial charge < -0.3 is 5.11 Å². The minimum atomic E-state index is -3.68. The van der Waals surface area contributed by atoms with Gasteiger partial charge in [0.2, 0.25) is 0 Å². The standard InChI is InChI=1S/C15H16BrNO3S/c1-2-12-5-3-4-6-14(12)17-21(19,20)15-8-7-11(10-18)9-13(15)16/h3-9,17-18H,2,10H2,1H3. The number of halogens is 1. The Kier molecular flexibility index (Phi) is 5.03. The largest absolute Gasteiger partial charge is 0.392 e. The molecule has 0 heterocycles. The Morgan fingerprint density at radius 3 is 2.52 bits per heavy atom. The van der Waals surface area contributed by atoms with E-state index in [0.717, 1.165) is 12.0 Å². The number of sulfonamides is 1. The lowest BCUT2D eigenvalue weighted by atomic mass is 10.1. The van der Waals surface area contributed by atoms with Gasteiger partial charge in [-0.1, -0.05) is 31.2 Å². The van der Waals surface area contributed by atoms with Gasteiger partial charge in [0, 0.05) is 4.47 Å². The van der Waals surface area contributed by atoms with E-state index in [4.69, 9.17) is 5.11 Å². The SMILES string of the molecule is CCc1ccccc1NS(=O)(=O)c1ccc(CO)cc1Br. The molecule has 0 atom stereocenters. The predicted octanol–water partition coefficient (Wildman–Crippen LogP) is 3.30. The summed E-state index contributed by atoms with van der Waals surface area (Å²) in [5, 5.41) is 9.07. The van der Waals surface area contributed by atoms with E-state index < -0.39 is 10.0 Å². The average molecular weight is 370 g/mol. The van der Waals surface area contributed by atoms with Gasteiger partial charge in [0.25, 0.3) is 10.0 Å². The Morgan fingerprint density at radius 2 is 1.90 bits per heavy atom. The molecule has 2 N–H and O–H groups in total. The van der Waals surface area contributed by atoms with E-state index in [2.05, 4.69) is 20.7 Å². The van der Waals surface area contributed by atoms with Crippen LogP contribution in [0.25, 0.3) is 0 Å². The molecule has 0 unspecified atom stereocenters. The molecule has 0 spiro atoms. The first-order valence-corrected chi connectivity index (χ1v) is 8.75. The molecule has 0 aliphatic heterocycles. The van der Waals surface area contributed by atoms with Gasteiger partial charge >= 0.3 is 0 Å². The van der Waals surface area contributed by atoms with Crippen LogP contribution in [0.1, 0.15) is 18.1 Å². The van der Waals surface area contributed by atoms with Crippen molar-refractivity contribution < 1.29 is 13.5 Å². The number of aliphatic hydroxyl groups is 1. The molecular formula is C15H16BrNO3S. The summed E-state index contributed by atoms with van der Waals surface area (Å²) in [6.45, 7) is 1.84. The molecule has 2 aromatic rings. The van der Waals surface area contributed by atoms with Crippen molar-refractivity contribution in [2.24, 2.45) is 0 Å². The molecule has 0 bridgehead atoms. The minimum Gasteiger partial charge on any atom is -0.392 e. The van der Waals surface area contributed by atoms with Crippen molar-refractivity contribution in [3.05, 3.63) is 58.1 Å². The molecule has 0 saturated carbocycles. The van der Waals surface area contributed by atoms with Gasteiger partial charge in [-0.2, -0.15) is 0 Å². The highest BCUT2D eigenvalue weighted by atomic mass is 79.9. The van der Waals surface area contributed by atoms with Crippen LogP contribution in [-0.2, 0) is 23.1 Å². The summed E-state index contributed by atoms with van der Waals surface area (Å²) in [7, 11) is -3.68. The van der Waals surface area contributed by atoms with Gasteiger partial charge in [0.05, 0.1) is 12.3 Å². The van der Waals surface area contributed by atoms with E-state index in [1.54, 1.807) is 24.3 Å². The van der Waals surface area contributed by atoms with E-state index in [1.807, 2.05) is 19.1 Å². The molecule has 4 nitrogen and oxygen atoms in total. The van der Waals surface area contributed by atoms with Gasteiger partial charge in [-0.25, -0.2) is 8.42 Å². The highest BCUT2D eigenvalue weighted by Crippen LogP contribution is 2.26. The molecular weight excluding hydrogens is 354 g/mol. The lowest BCUT2D eigenvalue weighted by molar-refractivity contribution is 0.281. The number of benzene rings is 2. The second-order valence-corrected chi connectivity index (χ2v) is 7.04. The molecule has 21 heavy (non-hydrogen) atoms. The molecule has 0 saturated heterocycles. The van der Waals surface area contributed by atoms with Gasteiger partial charge in [-0.05, 0) is 51.7 Å². The number of para-hydroxylation sites is 1. The summed E-state index contributed by atoms with van der Waals surface area (Å²) < 4.78 is 28.0. The number of aliphatic hydroxyl groups excluding tert-OH is 1. The molecule has 112 valence electrons. The summed E-state index contributed by atoms with van der Waals surface area (Å²) >= 11 is 3.24. The van der Waals surface area contributed by atoms with Crippen LogP contribution in [0.5, 0.6) is 0 Å². The number of hydrogen-bond donors (Lipinski definition) is 2. The maximum absolute atomic E-state index is 12.5. The fraction of sp³-hybridized carbons (Fsp3) is 0.200. The van der Waals surface area contributed by atoms with Crippen molar-refractivity contribution in [2.75, 3.05) is 4.72 Å². The number of hydrogen-bond acceptors (Lipinski definition) is 3. The third-order valence-electron chi connectivity index (χ3n) is 3.11. The summed E-state index contributed by atoms with van der Waals surface area (Å²) in [5.41, 5.74) is 2.16. The van der Waals surface area contributed by atoms with Gasteiger partial charge in [0.1, 0.15) is 4.90 Å². The number of aryl methyl sites for hydroxylation is 1. The zero-order valence-corrected chi connectivity index (χ0v) is 13.9. The summed E-state index contributed by atoms with van der Waals surface area (Å²) in [4.78, 5) is 0.144. The molecule has 0 fully saturated rings. The van der Waals surface area contributed by atoms with Crippen LogP contribution in [0.3, 0.4) is 0 Å². The second kappa shape index (κ2) is 6.60. The molecule has 0 aromatic heterocycles. The molecule has 0 radical (unpaired) electrons. The lowest BCUT2D eigenvalue weighted by Crippen LogP contribution is -2.14. The van der Waals surface area contributed by atoms with E-state index in [9.17, 15) is 8.42 Å². The number of nitrogens with one attached hydrogen (secondary N) is 1. The van der Waals surface area contributed by atoms with E-state index in [-0.39, 0.29) is 11.5 Å². The monoisotopic (exact) mass is 369 g/mol. The third kappa shape index (κ3) is 3.64. The van der Waals surface area contributed by atoms with Gasteiger partial charge in [-0.3, -0.25) is 4.72 Å². The van der Waals surface area contributed by atoms with Crippen molar-refractivity contribution in [1.82, 2.24) is 0 Å². The topological polar surface area (TPSA) is 66.4 Å². The molecule has 2 rings (SSSR count). The zero-order valence-electron chi connectivity index (χ0n) is 11.5. The maximum atomic E-state index is 12.5. The maximum Gasteiger partial charge on any atom is 0.263 e. The normalized spacial score (nSPS) is 11.4. The smallest absolute Gasteiger partial charge is 0.263 e. The van der Waals surface area contributed by atoms with Crippen molar-refractivity contribution >= 4 is 31.6 Å². The molecule has 0 aliphatic carbocycles. The summed E-state index contributed by atoms with van der Waals surface area (Å²) in [6.07, 6.45) is 0.739. The van der Waals surface area contributed by atoms with E-state index in [0.29, 0.717) is 15.7 Å². The third-order valence-corrected chi connectivity index (χ3v) is 5.45. The van der Waals surface area contributed by atoms with Gasteiger partial charge in [-0.15, -0.1) is 0 Å². The molecule has 2 aromatic carbocycles. The Labute approximate surface area is 133 Å². The number of anilines is 1. The van der Waals surface area contributed by atoms with Crippen LogP contribution in [-0.4, -0.2) is 13.5 Å². The van der Waals surface area contributed by atoms with Gasteiger partial charge in [0.15, 0.2) is 0 Å². The predicted molar refractivity (Wildman–Crippen MR) is 86.7 cm³/mol. The van der Waals surface area contributed by atoms with Crippen LogP contribution in [0, 0.1) is 0 Å². The first-order valence-electron chi connectivity index (χ1n) is 6.48. The Morgan fingerprint density at radius 1 is 1.19 bits per heavy atom. The van der Waals surface area contributed by atoms with Crippen molar-refractivity contribution in [3.63, 3.8) is 0 Å². The van der Waals surface area contributed by atoms with Crippen LogP contribution in [0.4, 0.5) is 5.69 Å². The average Bonchev–Trinajstić information content (AvgIpc) is 2.47. The number of rotatable bonds is 5. The quantitative estimate of drug-likeness (QED) is 0.849. The van der Waals surface area contributed by atoms with Crippen LogP contribution >= 0.6 is 15.9 Å². The van der Waals surface area contributed by atoms with E-state index in [1.165, 1.54) is 6.07 Å². The van der Waals surface area contributed by atoms with E-state index >= 15 is 0 Å². The first kappa shape index (κ1) is 16.0. The van der Waals surface area contributed by atoms with Crippen molar-refractivity contribution in [3.8, 4) is 0 Å². The summed E-state index contributed by atoms with van der Waals surface area (Å²) in [6, 6.07) is 12.0. The van der Waals surface area contributed by atoms with Crippen molar-refractivity contribution in [1.29, 1.82) is 0 Å². The Balaban J connectivity index is 2.39. The fourth-order valence-corrected chi connectivity index (χ4v) is 4.22. The zero-order chi connectivity index (χ0) is 15.5.